The fourth-order valence-electron chi connectivity index (χ4n) is 2.40. The highest BCUT2D eigenvalue weighted by atomic mass is 16.4. The first-order chi connectivity index (χ1) is 10.0. The topological polar surface area (TPSA) is 66.0 Å². The second kappa shape index (κ2) is 6.27. The van der Waals surface area contributed by atoms with Crippen LogP contribution in [0.3, 0.4) is 0 Å². The van der Waals surface area contributed by atoms with E-state index in [1.165, 1.54) is 0 Å². The molecule has 1 aromatic heterocycles. The lowest BCUT2D eigenvalue weighted by molar-refractivity contribution is 0.0695. The van der Waals surface area contributed by atoms with Crippen LogP contribution in [0, 0.1) is 17.2 Å². The van der Waals surface area contributed by atoms with Crippen LogP contribution in [-0.2, 0) is 13.0 Å². The van der Waals surface area contributed by atoms with Gasteiger partial charge < -0.3 is 9.67 Å². The Hall–Kier alpha value is -2.54. The highest BCUT2D eigenvalue weighted by molar-refractivity contribution is 5.89. The predicted octanol–water partition coefficient (Wildman–Crippen LogP) is 3.30. The Morgan fingerprint density at radius 1 is 1.38 bits per heavy atom. The Kier molecular flexibility index (Phi) is 4.44. The van der Waals surface area contributed by atoms with E-state index in [9.17, 15) is 9.90 Å². The normalized spacial score (nSPS) is 10.6. The lowest BCUT2D eigenvalue weighted by atomic mass is 10.0. The number of rotatable bonds is 5. The summed E-state index contributed by atoms with van der Waals surface area (Å²) in [6, 6.07) is 11.2. The highest BCUT2D eigenvalue weighted by Gasteiger charge is 2.16. The van der Waals surface area contributed by atoms with Crippen LogP contribution in [-0.4, -0.2) is 15.6 Å². The summed E-state index contributed by atoms with van der Waals surface area (Å²) in [5.41, 5.74) is 2.80. The minimum atomic E-state index is -0.893. The van der Waals surface area contributed by atoms with E-state index in [1.54, 1.807) is 18.3 Å². The van der Waals surface area contributed by atoms with Gasteiger partial charge in [0.15, 0.2) is 0 Å². The van der Waals surface area contributed by atoms with Crippen LogP contribution < -0.4 is 0 Å². The molecule has 1 heterocycles. The largest absolute Gasteiger partial charge is 0.478 e. The molecule has 0 aliphatic carbocycles. The van der Waals surface area contributed by atoms with Crippen LogP contribution in [0.15, 0.2) is 36.5 Å². The van der Waals surface area contributed by atoms with E-state index in [2.05, 4.69) is 19.9 Å². The van der Waals surface area contributed by atoms with Crippen molar-refractivity contribution in [2.75, 3.05) is 0 Å². The molecule has 4 heteroatoms. The van der Waals surface area contributed by atoms with Crippen molar-refractivity contribution in [1.82, 2.24) is 4.57 Å². The second-order valence-corrected chi connectivity index (χ2v) is 5.52. The number of aromatic nitrogens is 1. The summed E-state index contributed by atoms with van der Waals surface area (Å²) in [6.45, 7) is 4.71. The zero-order chi connectivity index (χ0) is 15.4. The maximum Gasteiger partial charge on any atom is 0.337 e. The highest BCUT2D eigenvalue weighted by Crippen LogP contribution is 2.18. The van der Waals surface area contributed by atoms with Crippen LogP contribution in [0.4, 0.5) is 0 Å². The van der Waals surface area contributed by atoms with Gasteiger partial charge in [0.25, 0.3) is 0 Å². The van der Waals surface area contributed by atoms with Crippen LogP contribution in [0.1, 0.15) is 41.0 Å². The number of hydrogen-bond donors (Lipinski definition) is 1. The molecule has 0 spiro atoms. The Balaban J connectivity index is 2.35. The second-order valence-electron chi connectivity index (χ2n) is 5.52. The quantitative estimate of drug-likeness (QED) is 0.915. The lowest BCUT2D eigenvalue weighted by Crippen LogP contribution is -2.10. The Morgan fingerprint density at radius 2 is 2.14 bits per heavy atom. The van der Waals surface area contributed by atoms with Crippen LogP contribution in [0.5, 0.6) is 0 Å². The van der Waals surface area contributed by atoms with Crippen molar-refractivity contribution in [3.63, 3.8) is 0 Å². The van der Waals surface area contributed by atoms with Crippen molar-refractivity contribution in [2.24, 2.45) is 5.92 Å². The van der Waals surface area contributed by atoms with E-state index in [1.807, 2.05) is 22.8 Å². The zero-order valence-corrected chi connectivity index (χ0v) is 12.2. The molecule has 1 aromatic carbocycles. The average Bonchev–Trinajstić information content (AvgIpc) is 2.81. The van der Waals surface area contributed by atoms with Crippen LogP contribution in [0.25, 0.3) is 0 Å². The number of carboxylic acids is 1. The van der Waals surface area contributed by atoms with E-state index >= 15 is 0 Å². The fraction of sp³-hybridized carbons (Fsp3) is 0.294. The summed E-state index contributed by atoms with van der Waals surface area (Å²) in [5, 5.41) is 18.2. The lowest BCUT2D eigenvalue weighted by Gasteiger charge is -2.12. The molecule has 0 saturated heterocycles. The molecule has 0 unspecified atom stereocenters. The molecule has 108 valence electrons. The Morgan fingerprint density at radius 3 is 2.76 bits per heavy atom. The van der Waals surface area contributed by atoms with Gasteiger partial charge in [-0.3, -0.25) is 0 Å². The number of aromatic carboxylic acids is 1. The number of nitrogens with zero attached hydrogens (tertiary/aromatic N) is 2. The van der Waals surface area contributed by atoms with Gasteiger partial charge in [-0.05, 0) is 36.1 Å². The first-order valence-corrected chi connectivity index (χ1v) is 6.91. The molecule has 1 N–H and O–H groups in total. The Bertz CT molecular complexity index is 693. The minimum Gasteiger partial charge on any atom is -0.478 e. The van der Waals surface area contributed by atoms with Gasteiger partial charge in [0.1, 0.15) is 0 Å². The number of carboxylic acid groups (broad SMARTS) is 1. The van der Waals surface area contributed by atoms with E-state index in [0.29, 0.717) is 30.0 Å². The zero-order valence-electron chi connectivity index (χ0n) is 12.2. The van der Waals surface area contributed by atoms with Crippen molar-refractivity contribution < 1.29 is 9.90 Å². The van der Waals surface area contributed by atoms with E-state index < -0.39 is 5.97 Å². The van der Waals surface area contributed by atoms with Crippen LogP contribution >= 0.6 is 0 Å². The summed E-state index contributed by atoms with van der Waals surface area (Å²) in [4.78, 5) is 11.3. The Labute approximate surface area is 124 Å². The fourth-order valence-corrected chi connectivity index (χ4v) is 2.40. The summed E-state index contributed by atoms with van der Waals surface area (Å²) in [7, 11) is 0. The van der Waals surface area contributed by atoms with Crippen molar-refractivity contribution >= 4 is 5.97 Å². The van der Waals surface area contributed by atoms with E-state index in [4.69, 9.17) is 5.26 Å². The predicted molar refractivity (Wildman–Crippen MR) is 80.2 cm³/mol. The van der Waals surface area contributed by atoms with E-state index in [0.717, 1.165) is 11.3 Å². The van der Waals surface area contributed by atoms with Gasteiger partial charge in [-0.15, -0.1) is 0 Å². The first kappa shape index (κ1) is 14.9. The first-order valence-electron chi connectivity index (χ1n) is 6.91. The molecule has 0 aliphatic rings. The summed E-state index contributed by atoms with van der Waals surface area (Å²) >= 11 is 0. The van der Waals surface area contributed by atoms with Crippen molar-refractivity contribution in [3.05, 3.63) is 58.9 Å². The maximum absolute atomic E-state index is 11.3. The molecule has 0 fully saturated rings. The molecule has 0 bridgehead atoms. The molecule has 2 rings (SSSR count). The molecular formula is C17H18N2O2. The van der Waals surface area contributed by atoms with Crippen molar-refractivity contribution in [3.8, 4) is 6.07 Å². The minimum absolute atomic E-state index is 0.361. The maximum atomic E-state index is 11.3. The number of hydrogen-bond acceptors (Lipinski definition) is 2. The van der Waals surface area contributed by atoms with Gasteiger partial charge in [-0.25, -0.2) is 4.79 Å². The average molecular weight is 282 g/mol. The summed E-state index contributed by atoms with van der Waals surface area (Å²) < 4.78 is 1.96. The standard InChI is InChI=1S/C17H18N2O2/c1-12(2)8-16-15(17(20)21)6-7-19(16)11-14-5-3-4-13(9-14)10-18/h3-7,9,12H,8,11H2,1-2H3,(H,20,21). The molecule has 0 amide bonds. The molecule has 4 nitrogen and oxygen atoms in total. The van der Waals surface area contributed by atoms with Gasteiger partial charge >= 0.3 is 5.97 Å². The van der Waals surface area contributed by atoms with Gasteiger partial charge in [0, 0.05) is 18.4 Å². The van der Waals surface area contributed by atoms with Gasteiger partial charge in [-0.1, -0.05) is 26.0 Å². The number of carbonyl (C=O) groups is 1. The number of nitriles is 1. The van der Waals surface area contributed by atoms with Gasteiger partial charge in [0.2, 0.25) is 0 Å². The summed E-state index contributed by atoms with van der Waals surface area (Å²) in [5.74, 6) is -0.516. The summed E-state index contributed by atoms with van der Waals surface area (Å²) in [6.07, 6.45) is 2.52. The van der Waals surface area contributed by atoms with Gasteiger partial charge in [0.05, 0.1) is 17.2 Å². The smallest absolute Gasteiger partial charge is 0.337 e. The third kappa shape index (κ3) is 3.51. The molecule has 21 heavy (non-hydrogen) atoms. The SMILES string of the molecule is CC(C)Cc1c(C(=O)O)ccn1Cc1cccc(C#N)c1. The number of benzene rings is 1. The molecular weight excluding hydrogens is 264 g/mol. The van der Waals surface area contributed by atoms with E-state index in [-0.39, 0.29) is 0 Å². The third-order valence-electron chi connectivity index (χ3n) is 3.32. The molecule has 0 atom stereocenters. The third-order valence-corrected chi connectivity index (χ3v) is 3.32. The molecule has 0 aliphatic heterocycles. The molecule has 0 radical (unpaired) electrons. The van der Waals surface area contributed by atoms with Crippen molar-refractivity contribution in [1.29, 1.82) is 5.26 Å². The molecule has 0 saturated carbocycles. The molecule has 2 aromatic rings. The van der Waals surface area contributed by atoms with Crippen LogP contribution in [0.2, 0.25) is 0 Å². The van der Waals surface area contributed by atoms with Gasteiger partial charge in [-0.2, -0.15) is 5.26 Å². The van der Waals surface area contributed by atoms with Crippen molar-refractivity contribution in [2.45, 2.75) is 26.8 Å². The monoisotopic (exact) mass is 282 g/mol.